The molecule has 0 fully saturated rings. The van der Waals surface area contributed by atoms with E-state index in [-0.39, 0.29) is 5.91 Å². The zero-order chi connectivity index (χ0) is 14.9. The predicted octanol–water partition coefficient (Wildman–Crippen LogP) is 2.96. The van der Waals surface area contributed by atoms with Gasteiger partial charge in [0.2, 0.25) is 5.91 Å². The van der Waals surface area contributed by atoms with Crippen LogP contribution in [0, 0.1) is 0 Å². The lowest BCUT2D eigenvalue weighted by Gasteiger charge is -2.28. The van der Waals surface area contributed by atoms with Crippen LogP contribution >= 0.6 is 0 Å². The quantitative estimate of drug-likeness (QED) is 0.729. The minimum absolute atomic E-state index is 0.105. The molecule has 4 nitrogen and oxygen atoms in total. The van der Waals surface area contributed by atoms with E-state index >= 15 is 0 Å². The average molecular weight is 292 g/mol. The SMILES string of the molecule is O=C(Cc1noc2ccccc12)N1CCc2ccccc2C1. The highest BCUT2D eigenvalue weighted by atomic mass is 16.5. The fraction of sp³-hybridized carbons (Fsp3) is 0.222. The molecule has 0 spiro atoms. The van der Waals surface area contributed by atoms with Crippen LogP contribution in [0.3, 0.4) is 0 Å². The van der Waals surface area contributed by atoms with Crippen molar-refractivity contribution in [1.82, 2.24) is 10.1 Å². The lowest BCUT2D eigenvalue weighted by Crippen LogP contribution is -2.36. The zero-order valence-electron chi connectivity index (χ0n) is 12.2. The van der Waals surface area contributed by atoms with Crippen molar-refractivity contribution in [3.8, 4) is 0 Å². The van der Waals surface area contributed by atoms with Gasteiger partial charge in [-0.25, -0.2) is 0 Å². The third kappa shape index (κ3) is 2.26. The maximum absolute atomic E-state index is 12.6. The molecule has 1 aliphatic rings. The standard InChI is InChI=1S/C18H16N2O2/c21-18(11-16-15-7-3-4-8-17(15)22-19-16)20-10-9-13-5-1-2-6-14(13)12-20/h1-8H,9-12H2. The molecule has 22 heavy (non-hydrogen) atoms. The molecule has 3 aromatic rings. The molecule has 0 aliphatic carbocycles. The Morgan fingerprint density at radius 3 is 2.77 bits per heavy atom. The summed E-state index contributed by atoms with van der Waals surface area (Å²) in [6.45, 7) is 1.45. The van der Waals surface area contributed by atoms with Crippen LogP contribution in [0.5, 0.6) is 0 Å². The van der Waals surface area contributed by atoms with Crippen molar-refractivity contribution in [2.24, 2.45) is 0 Å². The number of carbonyl (C=O) groups excluding carboxylic acids is 1. The molecule has 2 heterocycles. The van der Waals surface area contributed by atoms with Crippen LogP contribution in [0.1, 0.15) is 16.8 Å². The van der Waals surface area contributed by atoms with E-state index in [2.05, 4.69) is 23.4 Å². The first-order chi connectivity index (χ1) is 10.8. The molecule has 1 amide bonds. The Morgan fingerprint density at radius 2 is 1.86 bits per heavy atom. The second kappa shape index (κ2) is 5.30. The average Bonchev–Trinajstić information content (AvgIpc) is 2.97. The van der Waals surface area contributed by atoms with Crippen LogP contribution in [0.2, 0.25) is 0 Å². The largest absolute Gasteiger partial charge is 0.356 e. The third-order valence-electron chi connectivity index (χ3n) is 4.25. The van der Waals surface area contributed by atoms with Crippen molar-refractivity contribution in [3.05, 3.63) is 65.4 Å². The van der Waals surface area contributed by atoms with Gasteiger partial charge in [0, 0.05) is 18.5 Å². The summed E-state index contributed by atoms with van der Waals surface area (Å²) in [5.41, 5.74) is 4.04. The van der Waals surface area contributed by atoms with Gasteiger partial charge in [-0.05, 0) is 29.7 Å². The maximum atomic E-state index is 12.6. The molecule has 0 N–H and O–H groups in total. The van der Waals surface area contributed by atoms with E-state index in [9.17, 15) is 4.79 Å². The van der Waals surface area contributed by atoms with Gasteiger partial charge in [-0.1, -0.05) is 41.6 Å². The normalized spacial score (nSPS) is 14.1. The number of hydrogen-bond donors (Lipinski definition) is 0. The summed E-state index contributed by atoms with van der Waals surface area (Å²) in [7, 11) is 0. The second-order valence-electron chi connectivity index (χ2n) is 5.64. The number of aromatic nitrogens is 1. The van der Waals surface area contributed by atoms with Crippen molar-refractivity contribution in [2.45, 2.75) is 19.4 Å². The number of nitrogens with zero attached hydrogens (tertiary/aromatic N) is 2. The topological polar surface area (TPSA) is 46.3 Å². The van der Waals surface area contributed by atoms with Crippen molar-refractivity contribution in [2.75, 3.05) is 6.54 Å². The van der Waals surface area contributed by atoms with E-state index in [1.165, 1.54) is 11.1 Å². The van der Waals surface area contributed by atoms with Crippen LogP contribution < -0.4 is 0 Å². The summed E-state index contributed by atoms with van der Waals surface area (Å²) in [6.07, 6.45) is 1.21. The van der Waals surface area contributed by atoms with Crippen molar-refractivity contribution in [3.63, 3.8) is 0 Å². The molecule has 4 heteroatoms. The molecule has 0 bridgehead atoms. The number of amides is 1. The zero-order valence-corrected chi connectivity index (χ0v) is 12.2. The predicted molar refractivity (Wildman–Crippen MR) is 83.3 cm³/mol. The highest BCUT2D eigenvalue weighted by molar-refractivity contribution is 5.86. The summed E-state index contributed by atoms with van der Waals surface area (Å²) >= 11 is 0. The van der Waals surface area contributed by atoms with E-state index in [0.29, 0.717) is 13.0 Å². The van der Waals surface area contributed by atoms with Crippen LogP contribution in [-0.2, 0) is 24.2 Å². The van der Waals surface area contributed by atoms with Gasteiger partial charge < -0.3 is 9.42 Å². The highest BCUT2D eigenvalue weighted by Gasteiger charge is 2.22. The smallest absolute Gasteiger partial charge is 0.229 e. The molecule has 0 radical (unpaired) electrons. The molecule has 2 aromatic carbocycles. The summed E-state index contributed by atoms with van der Waals surface area (Å²) in [5.74, 6) is 0.105. The minimum atomic E-state index is 0.105. The van der Waals surface area contributed by atoms with E-state index in [1.807, 2.05) is 35.2 Å². The summed E-state index contributed by atoms with van der Waals surface area (Å²) in [6, 6.07) is 16.0. The lowest BCUT2D eigenvalue weighted by molar-refractivity contribution is -0.131. The Morgan fingerprint density at radius 1 is 1.09 bits per heavy atom. The van der Waals surface area contributed by atoms with Crippen LogP contribution in [0.25, 0.3) is 11.0 Å². The Balaban J connectivity index is 1.54. The summed E-state index contributed by atoms with van der Waals surface area (Å²) < 4.78 is 5.27. The number of carbonyl (C=O) groups is 1. The molecule has 0 saturated heterocycles. The Hall–Kier alpha value is -2.62. The van der Waals surface area contributed by atoms with E-state index in [0.717, 1.165) is 29.6 Å². The number of rotatable bonds is 2. The van der Waals surface area contributed by atoms with Crippen molar-refractivity contribution < 1.29 is 9.32 Å². The molecular formula is C18H16N2O2. The van der Waals surface area contributed by atoms with Crippen LogP contribution in [-0.4, -0.2) is 22.5 Å². The molecular weight excluding hydrogens is 276 g/mol. The summed E-state index contributed by atoms with van der Waals surface area (Å²) in [5, 5.41) is 4.98. The molecule has 110 valence electrons. The Kier molecular flexibility index (Phi) is 3.15. The lowest BCUT2D eigenvalue weighted by atomic mass is 9.99. The van der Waals surface area contributed by atoms with Crippen molar-refractivity contribution in [1.29, 1.82) is 0 Å². The first-order valence-electron chi connectivity index (χ1n) is 7.49. The molecule has 1 aromatic heterocycles. The second-order valence-corrected chi connectivity index (χ2v) is 5.64. The molecule has 1 aliphatic heterocycles. The van der Waals surface area contributed by atoms with Gasteiger partial charge in [0.1, 0.15) is 5.69 Å². The Bertz CT molecular complexity index is 838. The van der Waals surface area contributed by atoms with Gasteiger partial charge in [-0.3, -0.25) is 4.79 Å². The first-order valence-corrected chi connectivity index (χ1v) is 7.49. The monoisotopic (exact) mass is 292 g/mol. The fourth-order valence-electron chi connectivity index (χ4n) is 3.03. The van der Waals surface area contributed by atoms with Gasteiger partial charge in [0.05, 0.1) is 6.42 Å². The van der Waals surface area contributed by atoms with E-state index in [4.69, 9.17) is 4.52 Å². The van der Waals surface area contributed by atoms with Crippen LogP contribution in [0.15, 0.2) is 53.1 Å². The third-order valence-corrected chi connectivity index (χ3v) is 4.25. The highest BCUT2D eigenvalue weighted by Crippen LogP contribution is 2.22. The number of hydrogen-bond acceptors (Lipinski definition) is 3. The maximum Gasteiger partial charge on any atom is 0.229 e. The van der Waals surface area contributed by atoms with E-state index in [1.54, 1.807) is 0 Å². The van der Waals surface area contributed by atoms with Gasteiger partial charge in [0.25, 0.3) is 0 Å². The Labute approximate surface area is 128 Å². The number of benzene rings is 2. The van der Waals surface area contributed by atoms with E-state index < -0.39 is 0 Å². The number of fused-ring (bicyclic) bond motifs is 2. The van der Waals surface area contributed by atoms with Gasteiger partial charge in [-0.15, -0.1) is 0 Å². The van der Waals surface area contributed by atoms with Gasteiger partial charge in [-0.2, -0.15) is 0 Å². The molecule has 4 rings (SSSR count). The number of para-hydroxylation sites is 1. The fourth-order valence-corrected chi connectivity index (χ4v) is 3.03. The molecule has 0 unspecified atom stereocenters. The van der Waals surface area contributed by atoms with Crippen LogP contribution in [0.4, 0.5) is 0 Å². The van der Waals surface area contributed by atoms with Gasteiger partial charge >= 0.3 is 0 Å². The first kappa shape index (κ1) is 13.1. The van der Waals surface area contributed by atoms with Crippen molar-refractivity contribution >= 4 is 16.9 Å². The van der Waals surface area contributed by atoms with Gasteiger partial charge in [0.15, 0.2) is 5.58 Å². The minimum Gasteiger partial charge on any atom is -0.356 e. The molecule has 0 atom stereocenters. The summed E-state index contributed by atoms with van der Waals surface area (Å²) in [4.78, 5) is 14.5. The molecule has 0 saturated carbocycles.